The second kappa shape index (κ2) is 4.43. The Hall–Kier alpha value is -2.08. The molecule has 0 unspecified atom stereocenters. The number of nitriles is 1. The molecule has 0 saturated heterocycles. The maximum atomic E-state index is 10.7. The van der Waals surface area contributed by atoms with Crippen molar-refractivity contribution in [2.45, 2.75) is 13.8 Å². The third-order valence-electron chi connectivity index (χ3n) is 2.31. The van der Waals surface area contributed by atoms with Crippen molar-refractivity contribution in [1.82, 2.24) is 0 Å². The molecule has 3 heteroatoms. The van der Waals surface area contributed by atoms with E-state index in [1.165, 1.54) is 0 Å². The van der Waals surface area contributed by atoms with Crippen molar-refractivity contribution in [1.29, 1.82) is 5.26 Å². The highest BCUT2D eigenvalue weighted by atomic mass is 16.4. The van der Waals surface area contributed by atoms with Crippen molar-refractivity contribution in [2.75, 3.05) is 0 Å². The van der Waals surface area contributed by atoms with E-state index in [4.69, 9.17) is 10.4 Å². The van der Waals surface area contributed by atoms with Gasteiger partial charge in [-0.1, -0.05) is 12.1 Å². The molecule has 0 heterocycles. The fourth-order valence-corrected chi connectivity index (χ4v) is 1.20. The van der Waals surface area contributed by atoms with Crippen LogP contribution < -0.4 is 0 Å². The Balaban J connectivity index is 3.23. The summed E-state index contributed by atoms with van der Waals surface area (Å²) in [6.45, 7) is 3.29. The van der Waals surface area contributed by atoms with Crippen molar-refractivity contribution in [3.63, 3.8) is 0 Å². The molecule has 0 amide bonds. The number of aliphatic carboxylic acids is 1. The van der Waals surface area contributed by atoms with Crippen LogP contribution in [-0.2, 0) is 4.79 Å². The topological polar surface area (TPSA) is 61.1 Å². The van der Waals surface area contributed by atoms with Gasteiger partial charge in [0.25, 0.3) is 0 Å². The van der Waals surface area contributed by atoms with Crippen LogP contribution >= 0.6 is 0 Å². The summed E-state index contributed by atoms with van der Waals surface area (Å²) < 4.78 is 0. The summed E-state index contributed by atoms with van der Waals surface area (Å²) in [5.74, 6) is -0.935. The van der Waals surface area contributed by atoms with E-state index >= 15 is 0 Å². The molecule has 0 saturated carbocycles. The third kappa shape index (κ3) is 2.44. The highest BCUT2D eigenvalue weighted by Crippen LogP contribution is 2.19. The van der Waals surface area contributed by atoms with Crippen molar-refractivity contribution in [3.8, 4) is 6.07 Å². The van der Waals surface area contributed by atoms with Gasteiger partial charge >= 0.3 is 5.97 Å². The Bertz CT molecular complexity index is 467. The number of hydrogen-bond acceptors (Lipinski definition) is 2. The quantitative estimate of drug-likeness (QED) is 0.747. The molecular formula is C12H11NO2. The summed E-state index contributed by atoms with van der Waals surface area (Å²) in [5.41, 5.74) is 2.28. The number of benzene rings is 1. The fourth-order valence-electron chi connectivity index (χ4n) is 1.20. The van der Waals surface area contributed by atoms with Crippen LogP contribution in [0.5, 0.6) is 0 Å². The first-order valence-electron chi connectivity index (χ1n) is 4.47. The molecule has 15 heavy (non-hydrogen) atoms. The molecule has 0 radical (unpaired) electrons. The van der Waals surface area contributed by atoms with Crippen molar-refractivity contribution in [2.24, 2.45) is 0 Å². The summed E-state index contributed by atoms with van der Waals surface area (Å²) in [6, 6.07) is 8.93. The van der Waals surface area contributed by atoms with Crippen LogP contribution in [0.15, 0.2) is 29.8 Å². The normalized spacial score (nSPS) is 11.5. The molecule has 0 aromatic heterocycles. The lowest BCUT2D eigenvalue weighted by Gasteiger charge is -2.04. The van der Waals surface area contributed by atoms with E-state index in [-0.39, 0.29) is 0 Å². The highest BCUT2D eigenvalue weighted by molar-refractivity contribution is 5.95. The molecule has 0 aliphatic carbocycles. The number of hydrogen-bond donors (Lipinski definition) is 1. The summed E-state index contributed by atoms with van der Waals surface area (Å²) >= 11 is 0. The first-order valence-corrected chi connectivity index (χ1v) is 4.47. The zero-order valence-electron chi connectivity index (χ0n) is 8.61. The van der Waals surface area contributed by atoms with Crippen LogP contribution in [0.4, 0.5) is 0 Å². The van der Waals surface area contributed by atoms with Crippen molar-refractivity contribution in [3.05, 3.63) is 41.0 Å². The molecule has 76 valence electrons. The summed E-state index contributed by atoms with van der Waals surface area (Å²) in [6.07, 6.45) is 0. The molecule has 3 nitrogen and oxygen atoms in total. The maximum absolute atomic E-state index is 10.7. The van der Waals surface area contributed by atoms with E-state index in [0.29, 0.717) is 16.7 Å². The largest absolute Gasteiger partial charge is 0.478 e. The smallest absolute Gasteiger partial charge is 0.331 e. The van der Waals surface area contributed by atoms with E-state index in [2.05, 4.69) is 0 Å². The van der Waals surface area contributed by atoms with Crippen LogP contribution in [0.3, 0.4) is 0 Å². The molecule has 1 aromatic rings. The van der Waals surface area contributed by atoms with Crippen LogP contribution in [0.25, 0.3) is 5.57 Å². The van der Waals surface area contributed by atoms with Gasteiger partial charge in [0, 0.05) is 5.57 Å². The van der Waals surface area contributed by atoms with Gasteiger partial charge in [-0.05, 0) is 37.1 Å². The zero-order chi connectivity index (χ0) is 11.4. The molecule has 0 bridgehead atoms. The Morgan fingerprint density at radius 2 is 2.07 bits per heavy atom. The van der Waals surface area contributed by atoms with Gasteiger partial charge in [0.15, 0.2) is 0 Å². The van der Waals surface area contributed by atoms with Gasteiger partial charge in [-0.2, -0.15) is 5.26 Å². The molecule has 1 aromatic carbocycles. The predicted octanol–water partition coefficient (Wildman–Crippen LogP) is 2.44. The Morgan fingerprint density at radius 3 is 2.60 bits per heavy atom. The van der Waals surface area contributed by atoms with E-state index in [1.807, 2.05) is 6.07 Å². The maximum Gasteiger partial charge on any atom is 0.331 e. The molecule has 0 aliphatic heterocycles. The Kier molecular flexibility index (Phi) is 3.25. The average Bonchev–Trinajstić information content (AvgIpc) is 2.27. The molecule has 0 aliphatic rings. The van der Waals surface area contributed by atoms with Gasteiger partial charge in [-0.25, -0.2) is 4.79 Å². The number of carboxylic acids is 1. The number of carbonyl (C=O) groups is 1. The van der Waals surface area contributed by atoms with E-state index < -0.39 is 5.97 Å². The summed E-state index contributed by atoms with van der Waals surface area (Å²) in [7, 11) is 0. The number of allylic oxidation sites excluding steroid dienone is 1. The SMILES string of the molecule is CC(C(=O)O)=C(C)c1cccc(C#N)c1. The van der Waals surface area contributed by atoms with Crippen LogP contribution in [0.1, 0.15) is 25.0 Å². The third-order valence-corrected chi connectivity index (χ3v) is 2.31. The molecule has 0 atom stereocenters. The van der Waals surface area contributed by atoms with Crippen LogP contribution in [0.2, 0.25) is 0 Å². The summed E-state index contributed by atoms with van der Waals surface area (Å²) in [4.78, 5) is 10.7. The predicted molar refractivity (Wildman–Crippen MR) is 57.1 cm³/mol. The second-order valence-corrected chi connectivity index (χ2v) is 3.25. The monoisotopic (exact) mass is 201 g/mol. The van der Waals surface area contributed by atoms with Gasteiger partial charge in [0.1, 0.15) is 0 Å². The highest BCUT2D eigenvalue weighted by Gasteiger charge is 2.07. The lowest BCUT2D eigenvalue weighted by atomic mass is 10.0. The van der Waals surface area contributed by atoms with Gasteiger partial charge < -0.3 is 5.11 Å². The van der Waals surface area contributed by atoms with Crippen molar-refractivity contribution >= 4 is 11.5 Å². The lowest BCUT2D eigenvalue weighted by Crippen LogP contribution is -1.99. The van der Waals surface area contributed by atoms with Gasteiger partial charge in [-0.3, -0.25) is 0 Å². The van der Waals surface area contributed by atoms with E-state index in [1.54, 1.807) is 38.1 Å². The van der Waals surface area contributed by atoms with E-state index in [0.717, 1.165) is 5.56 Å². The van der Waals surface area contributed by atoms with Crippen LogP contribution in [0, 0.1) is 11.3 Å². The molecule has 1 N–H and O–H groups in total. The Morgan fingerprint density at radius 1 is 1.40 bits per heavy atom. The molecular weight excluding hydrogens is 190 g/mol. The average molecular weight is 201 g/mol. The van der Waals surface area contributed by atoms with Gasteiger partial charge in [0.2, 0.25) is 0 Å². The first-order chi connectivity index (χ1) is 7.06. The minimum absolute atomic E-state index is 0.296. The Labute approximate surface area is 88.3 Å². The van der Waals surface area contributed by atoms with E-state index in [9.17, 15) is 4.79 Å². The molecule has 0 spiro atoms. The number of rotatable bonds is 2. The minimum Gasteiger partial charge on any atom is -0.478 e. The van der Waals surface area contributed by atoms with Gasteiger partial charge in [0.05, 0.1) is 11.6 Å². The van der Waals surface area contributed by atoms with Gasteiger partial charge in [-0.15, -0.1) is 0 Å². The fraction of sp³-hybridized carbons (Fsp3) is 0.167. The molecule has 0 fully saturated rings. The zero-order valence-corrected chi connectivity index (χ0v) is 8.61. The second-order valence-electron chi connectivity index (χ2n) is 3.25. The number of nitrogens with zero attached hydrogens (tertiary/aromatic N) is 1. The van der Waals surface area contributed by atoms with Crippen molar-refractivity contribution < 1.29 is 9.90 Å². The first kappa shape index (κ1) is 11.0. The molecule has 1 rings (SSSR count). The standard InChI is InChI=1S/C12H11NO2/c1-8(9(2)12(14)15)11-5-3-4-10(6-11)7-13/h3-6H,1-2H3,(H,14,15). The van der Waals surface area contributed by atoms with Crippen LogP contribution in [-0.4, -0.2) is 11.1 Å². The number of carboxylic acid groups (broad SMARTS) is 1. The summed E-state index contributed by atoms with van der Waals surface area (Å²) in [5, 5.41) is 17.5. The minimum atomic E-state index is -0.935. The lowest BCUT2D eigenvalue weighted by molar-refractivity contribution is -0.132.